The third-order valence-electron chi connectivity index (χ3n) is 3.04. The van der Waals surface area contributed by atoms with Crippen molar-refractivity contribution in [3.05, 3.63) is 24.2 Å². The van der Waals surface area contributed by atoms with Gasteiger partial charge in [0.25, 0.3) is 0 Å². The Bertz CT molecular complexity index is 265. The highest BCUT2D eigenvalue weighted by molar-refractivity contribution is 5.10. The lowest BCUT2D eigenvalue weighted by molar-refractivity contribution is 0.101. The fraction of sp³-hybridized carbons (Fsp3) is 0.667. The van der Waals surface area contributed by atoms with Gasteiger partial charge in [-0.1, -0.05) is 0 Å². The van der Waals surface area contributed by atoms with Crippen molar-refractivity contribution in [1.82, 2.24) is 0 Å². The summed E-state index contributed by atoms with van der Waals surface area (Å²) in [5.41, 5.74) is 7.12. The molecule has 0 amide bonds. The van der Waals surface area contributed by atoms with E-state index in [0.29, 0.717) is 6.10 Å². The van der Waals surface area contributed by atoms with E-state index in [1.807, 2.05) is 6.07 Å². The SMILES string of the molecule is NC(CCCC1CCCO1)c1ccoc1. The van der Waals surface area contributed by atoms with Crippen molar-refractivity contribution < 1.29 is 9.15 Å². The van der Waals surface area contributed by atoms with Gasteiger partial charge in [-0.25, -0.2) is 0 Å². The normalized spacial score (nSPS) is 23.1. The summed E-state index contributed by atoms with van der Waals surface area (Å²) in [7, 11) is 0. The molecule has 2 atom stereocenters. The molecule has 0 bridgehead atoms. The van der Waals surface area contributed by atoms with Crippen LogP contribution >= 0.6 is 0 Å². The molecule has 2 N–H and O–H groups in total. The fourth-order valence-electron chi connectivity index (χ4n) is 2.09. The Morgan fingerprint density at radius 1 is 1.53 bits per heavy atom. The molecular weight excluding hydrogens is 190 g/mol. The van der Waals surface area contributed by atoms with Gasteiger partial charge in [0.1, 0.15) is 0 Å². The zero-order valence-corrected chi connectivity index (χ0v) is 9.02. The minimum absolute atomic E-state index is 0.116. The topological polar surface area (TPSA) is 48.4 Å². The van der Waals surface area contributed by atoms with Gasteiger partial charge < -0.3 is 14.9 Å². The van der Waals surface area contributed by atoms with Gasteiger partial charge in [0.2, 0.25) is 0 Å². The van der Waals surface area contributed by atoms with Crippen LogP contribution in [0.15, 0.2) is 23.0 Å². The summed E-state index contributed by atoms with van der Waals surface area (Å²) in [6, 6.07) is 2.06. The van der Waals surface area contributed by atoms with E-state index >= 15 is 0 Å². The molecule has 0 saturated carbocycles. The lowest BCUT2D eigenvalue weighted by Crippen LogP contribution is -2.11. The van der Waals surface area contributed by atoms with Crippen molar-refractivity contribution in [3.8, 4) is 0 Å². The number of furan rings is 1. The minimum Gasteiger partial charge on any atom is -0.472 e. The van der Waals surface area contributed by atoms with Gasteiger partial charge in [0, 0.05) is 18.2 Å². The van der Waals surface area contributed by atoms with Crippen molar-refractivity contribution in [2.45, 2.75) is 44.2 Å². The van der Waals surface area contributed by atoms with Crippen LogP contribution in [0.1, 0.15) is 43.7 Å². The molecule has 1 aromatic heterocycles. The highest BCUT2D eigenvalue weighted by atomic mass is 16.5. The molecule has 1 aliphatic heterocycles. The Kier molecular flexibility index (Phi) is 3.80. The van der Waals surface area contributed by atoms with E-state index in [1.54, 1.807) is 12.5 Å². The van der Waals surface area contributed by atoms with Crippen LogP contribution in [0.2, 0.25) is 0 Å². The summed E-state index contributed by atoms with van der Waals surface area (Å²) >= 11 is 0. The zero-order chi connectivity index (χ0) is 10.5. The number of rotatable bonds is 5. The molecule has 0 radical (unpaired) electrons. The molecule has 1 aliphatic rings. The lowest BCUT2D eigenvalue weighted by atomic mass is 10.0. The van der Waals surface area contributed by atoms with E-state index in [-0.39, 0.29) is 6.04 Å². The number of ether oxygens (including phenoxy) is 1. The summed E-state index contributed by atoms with van der Waals surface area (Å²) < 4.78 is 10.6. The van der Waals surface area contributed by atoms with Gasteiger partial charge in [-0.15, -0.1) is 0 Å². The Hall–Kier alpha value is -0.800. The molecule has 15 heavy (non-hydrogen) atoms. The van der Waals surface area contributed by atoms with E-state index in [0.717, 1.165) is 31.4 Å². The summed E-state index contributed by atoms with van der Waals surface area (Å²) in [4.78, 5) is 0. The highest BCUT2D eigenvalue weighted by Crippen LogP contribution is 2.21. The first-order chi connectivity index (χ1) is 7.36. The molecule has 0 spiro atoms. The third-order valence-corrected chi connectivity index (χ3v) is 3.04. The first-order valence-corrected chi connectivity index (χ1v) is 5.75. The molecule has 2 unspecified atom stereocenters. The number of hydrogen-bond donors (Lipinski definition) is 1. The van der Waals surface area contributed by atoms with E-state index in [4.69, 9.17) is 14.9 Å². The average molecular weight is 209 g/mol. The van der Waals surface area contributed by atoms with Crippen LogP contribution in [-0.4, -0.2) is 12.7 Å². The number of hydrogen-bond acceptors (Lipinski definition) is 3. The average Bonchev–Trinajstić information content (AvgIpc) is 2.90. The fourth-order valence-corrected chi connectivity index (χ4v) is 2.09. The van der Waals surface area contributed by atoms with Crippen molar-refractivity contribution in [2.75, 3.05) is 6.61 Å². The predicted molar refractivity (Wildman–Crippen MR) is 58.5 cm³/mol. The molecule has 2 heterocycles. The summed E-state index contributed by atoms with van der Waals surface area (Å²) in [6.07, 6.45) is 9.63. The molecule has 3 heteroatoms. The lowest BCUT2D eigenvalue weighted by Gasteiger charge is -2.12. The predicted octanol–water partition coefficient (Wildman–Crippen LogP) is 2.63. The summed E-state index contributed by atoms with van der Waals surface area (Å²) in [5.74, 6) is 0. The maximum Gasteiger partial charge on any atom is 0.0950 e. The van der Waals surface area contributed by atoms with Gasteiger partial charge in [-0.3, -0.25) is 0 Å². The van der Waals surface area contributed by atoms with Gasteiger partial charge >= 0.3 is 0 Å². The second kappa shape index (κ2) is 5.33. The quantitative estimate of drug-likeness (QED) is 0.811. The largest absolute Gasteiger partial charge is 0.472 e. The van der Waals surface area contributed by atoms with E-state index in [2.05, 4.69) is 0 Å². The second-order valence-electron chi connectivity index (χ2n) is 4.23. The molecule has 1 aromatic rings. The Morgan fingerprint density at radius 2 is 2.47 bits per heavy atom. The van der Waals surface area contributed by atoms with Crippen molar-refractivity contribution >= 4 is 0 Å². The van der Waals surface area contributed by atoms with Crippen LogP contribution < -0.4 is 5.73 Å². The van der Waals surface area contributed by atoms with Crippen molar-refractivity contribution in [1.29, 1.82) is 0 Å². The summed E-state index contributed by atoms with van der Waals surface area (Å²) in [5, 5.41) is 0. The molecule has 2 rings (SSSR count). The first kappa shape index (κ1) is 10.7. The molecule has 84 valence electrons. The maximum atomic E-state index is 6.02. The number of nitrogens with two attached hydrogens (primary N) is 1. The maximum absolute atomic E-state index is 6.02. The Morgan fingerprint density at radius 3 is 3.13 bits per heavy atom. The van der Waals surface area contributed by atoms with Crippen molar-refractivity contribution in [2.24, 2.45) is 5.73 Å². The van der Waals surface area contributed by atoms with Crippen molar-refractivity contribution in [3.63, 3.8) is 0 Å². The van der Waals surface area contributed by atoms with Gasteiger partial charge in [-0.05, 0) is 38.2 Å². The molecule has 0 aliphatic carbocycles. The van der Waals surface area contributed by atoms with Gasteiger partial charge in [-0.2, -0.15) is 0 Å². The third kappa shape index (κ3) is 3.08. The van der Waals surface area contributed by atoms with E-state index < -0.39 is 0 Å². The zero-order valence-electron chi connectivity index (χ0n) is 9.02. The molecule has 0 aromatic carbocycles. The van der Waals surface area contributed by atoms with Crippen LogP contribution in [0.25, 0.3) is 0 Å². The van der Waals surface area contributed by atoms with Crippen LogP contribution in [0.3, 0.4) is 0 Å². The molecular formula is C12H19NO2. The minimum atomic E-state index is 0.116. The van der Waals surface area contributed by atoms with Crippen LogP contribution in [-0.2, 0) is 4.74 Å². The molecule has 3 nitrogen and oxygen atoms in total. The molecule has 1 fully saturated rings. The van der Waals surface area contributed by atoms with Gasteiger partial charge in [0.05, 0.1) is 18.6 Å². The Labute approximate surface area is 90.6 Å². The van der Waals surface area contributed by atoms with E-state index in [1.165, 1.54) is 12.8 Å². The highest BCUT2D eigenvalue weighted by Gasteiger charge is 2.15. The summed E-state index contributed by atoms with van der Waals surface area (Å²) in [6.45, 7) is 0.943. The van der Waals surface area contributed by atoms with E-state index in [9.17, 15) is 0 Å². The molecule has 1 saturated heterocycles. The van der Waals surface area contributed by atoms with Crippen LogP contribution in [0.5, 0.6) is 0 Å². The standard InChI is InChI=1S/C12H19NO2/c13-12(10-6-8-14-9-10)5-1-3-11-4-2-7-15-11/h6,8-9,11-12H,1-5,7,13H2. The van der Waals surface area contributed by atoms with Gasteiger partial charge in [0.15, 0.2) is 0 Å². The monoisotopic (exact) mass is 209 g/mol. The first-order valence-electron chi connectivity index (χ1n) is 5.75. The second-order valence-corrected chi connectivity index (χ2v) is 4.23. The van der Waals surface area contributed by atoms with Crippen LogP contribution in [0, 0.1) is 0 Å². The Balaban J connectivity index is 1.65. The van der Waals surface area contributed by atoms with Crippen LogP contribution in [0.4, 0.5) is 0 Å². The smallest absolute Gasteiger partial charge is 0.0950 e.